The topological polar surface area (TPSA) is 41.1 Å². The molecule has 88 valence electrons. The summed E-state index contributed by atoms with van der Waals surface area (Å²) in [7, 11) is 0. The first-order chi connectivity index (χ1) is 8.16. The molecule has 0 radical (unpaired) electrons. The molecule has 0 unspecified atom stereocenters. The zero-order valence-corrected chi connectivity index (χ0v) is 12.5. The molecule has 0 saturated carbocycles. The van der Waals surface area contributed by atoms with E-state index in [4.69, 9.17) is 0 Å². The molecule has 1 heterocycles. The molecule has 1 aromatic carbocycles. The summed E-state index contributed by atoms with van der Waals surface area (Å²) in [6, 6.07) is 11.2. The van der Waals surface area contributed by atoms with Crippen LogP contribution in [0.15, 0.2) is 44.7 Å². The van der Waals surface area contributed by atoms with Gasteiger partial charge < -0.3 is 0 Å². The van der Waals surface area contributed by atoms with Crippen LogP contribution in [0.1, 0.15) is 9.67 Å². The number of hydrazine groups is 1. The smallest absolute Gasteiger partial charge is 0.279 e. The molecule has 0 aliphatic rings. The average molecular weight is 376 g/mol. The van der Waals surface area contributed by atoms with Crippen molar-refractivity contribution in [3.05, 3.63) is 49.5 Å². The molecule has 2 aromatic rings. The van der Waals surface area contributed by atoms with E-state index in [-0.39, 0.29) is 5.91 Å². The molecule has 17 heavy (non-hydrogen) atoms. The van der Waals surface area contributed by atoms with Gasteiger partial charge in [0.25, 0.3) is 5.91 Å². The Morgan fingerprint density at radius 3 is 2.47 bits per heavy atom. The number of benzene rings is 1. The molecule has 0 fully saturated rings. The van der Waals surface area contributed by atoms with Crippen LogP contribution in [-0.2, 0) is 0 Å². The van der Waals surface area contributed by atoms with Crippen molar-refractivity contribution in [2.45, 2.75) is 0 Å². The summed E-state index contributed by atoms with van der Waals surface area (Å²) in [6.45, 7) is 0. The normalized spacial score (nSPS) is 10.0. The van der Waals surface area contributed by atoms with Crippen LogP contribution in [0.5, 0.6) is 0 Å². The Morgan fingerprint density at radius 2 is 1.88 bits per heavy atom. The van der Waals surface area contributed by atoms with Gasteiger partial charge in [0.05, 0.1) is 14.4 Å². The van der Waals surface area contributed by atoms with Crippen LogP contribution < -0.4 is 10.9 Å². The number of hydrogen-bond donors (Lipinski definition) is 2. The van der Waals surface area contributed by atoms with E-state index in [9.17, 15) is 4.79 Å². The first-order valence-corrected chi connectivity index (χ1v) is 7.13. The zero-order valence-electron chi connectivity index (χ0n) is 8.54. The number of carbonyl (C=O) groups is 1. The van der Waals surface area contributed by atoms with E-state index in [0.29, 0.717) is 4.88 Å². The van der Waals surface area contributed by atoms with E-state index in [1.54, 1.807) is 6.07 Å². The lowest BCUT2D eigenvalue weighted by Gasteiger charge is -2.06. The van der Waals surface area contributed by atoms with Gasteiger partial charge in [-0.3, -0.25) is 15.6 Å². The fraction of sp³-hybridized carbons (Fsp3) is 0. The van der Waals surface area contributed by atoms with Gasteiger partial charge in [0, 0.05) is 4.47 Å². The lowest BCUT2D eigenvalue weighted by atomic mass is 10.3. The molecular weight excluding hydrogens is 368 g/mol. The van der Waals surface area contributed by atoms with Crippen LogP contribution in [0, 0.1) is 0 Å². The van der Waals surface area contributed by atoms with Crippen LogP contribution in [0.2, 0.25) is 0 Å². The Labute approximate surface area is 119 Å². The zero-order chi connectivity index (χ0) is 12.3. The molecule has 6 heteroatoms. The molecule has 0 aliphatic heterocycles. The Kier molecular flexibility index (Phi) is 4.20. The monoisotopic (exact) mass is 374 g/mol. The highest BCUT2D eigenvalue weighted by molar-refractivity contribution is 9.13. The third-order valence-electron chi connectivity index (χ3n) is 1.96. The van der Waals surface area contributed by atoms with Gasteiger partial charge in [-0.2, -0.15) is 0 Å². The predicted octanol–water partition coefficient (Wildman–Crippen LogP) is 4.03. The van der Waals surface area contributed by atoms with Gasteiger partial charge in [-0.15, -0.1) is 11.3 Å². The number of hydrogen-bond acceptors (Lipinski definition) is 3. The molecule has 2 N–H and O–H groups in total. The number of amides is 1. The summed E-state index contributed by atoms with van der Waals surface area (Å²) in [5, 5.41) is 0. The summed E-state index contributed by atoms with van der Waals surface area (Å²) in [6.07, 6.45) is 0. The minimum absolute atomic E-state index is 0.162. The Balaban J connectivity index is 1.98. The minimum atomic E-state index is -0.162. The van der Waals surface area contributed by atoms with Crippen molar-refractivity contribution in [1.29, 1.82) is 0 Å². The van der Waals surface area contributed by atoms with Crippen LogP contribution >= 0.6 is 43.2 Å². The summed E-state index contributed by atoms with van der Waals surface area (Å²) >= 11 is 8.07. The fourth-order valence-electron chi connectivity index (χ4n) is 1.17. The van der Waals surface area contributed by atoms with Crippen molar-refractivity contribution < 1.29 is 4.79 Å². The van der Waals surface area contributed by atoms with E-state index in [1.165, 1.54) is 11.3 Å². The quantitative estimate of drug-likeness (QED) is 0.795. The number of nitrogens with one attached hydrogen (secondary N) is 2. The van der Waals surface area contributed by atoms with Gasteiger partial charge in [0.15, 0.2) is 0 Å². The maximum absolute atomic E-state index is 11.8. The largest absolute Gasteiger partial charge is 0.298 e. The SMILES string of the molecule is O=C(NNc1ccccc1)c1cc(Br)c(Br)s1. The summed E-state index contributed by atoms with van der Waals surface area (Å²) in [5.74, 6) is -0.162. The highest BCUT2D eigenvalue weighted by Crippen LogP contribution is 2.32. The summed E-state index contributed by atoms with van der Waals surface area (Å²) in [5.41, 5.74) is 6.33. The van der Waals surface area contributed by atoms with Gasteiger partial charge >= 0.3 is 0 Å². The molecule has 3 nitrogen and oxygen atoms in total. The van der Waals surface area contributed by atoms with Crippen molar-refractivity contribution in [1.82, 2.24) is 5.43 Å². The van der Waals surface area contributed by atoms with Crippen LogP contribution in [0.4, 0.5) is 5.69 Å². The molecule has 1 amide bonds. The fourth-order valence-corrected chi connectivity index (χ4v) is 3.10. The number of anilines is 1. The predicted molar refractivity (Wildman–Crippen MR) is 77.2 cm³/mol. The van der Waals surface area contributed by atoms with Crippen molar-refractivity contribution in [3.8, 4) is 0 Å². The Hall–Kier alpha value is -0.850. The van der Waals surface area contributed by atoms with E-state index in [2.05, 4.69) is 42.7 Å². The minimum Gasteiger partial charge on any atom is -0.298 e. The lowest BCUT2D eigenvalue weighted by molar-refractivity contribution is 0.0966. The molecule has 0 aliphatic carbocycles. The van der Waals surface area contributed by atoms with Crippen LogP contribution in [-0.4, -0.2) is 5.91 Å². The van der Waals surface area contributed by atoms with Crippen molar-refractivity contribution in [2.24, 2.45) is 0 Å². The van der Waals surface area contributed by atoms with E-state index in [1.807, 2.05) is 30.3 Å². The molecule has 2 rings (SSSR count). The van der Waals surface area contributed by atoms with Gasteiger partial charge in [-0.05, 0) is 50.1 Å². The summed E-state index contributed by atoms with van der Waals surface area (Å²) in [4.78, 5) is 12.4. The van der Waals surface area contributed by atoms with Gasteiger partial charge in [0.1, 0.15) is 0 Å². The van der Waals surface area contributed by atoms with E-state index >= 15 is 0 Å². The van der Waals surface area contributed by atoms with Gasteiger partial charge in [-0.25, -0.2) is 0 Å². The third-order valence-corrected chi connectivity index (χ3v) is 5.22. The first-order valence-electron chi connectivity index (χ1n) is 4.73. The van der Waals surface area contributed by atoms with Crippen LogP contribution in [0.25, 0.3) is 0 Å². The molecular formula is C11H8Br2N2OS. The number of halogens is 2. The standard InChI is InChI=1S/C11H8Br2N2OS/c12-8-6-9(17-10(8)13)11(16)15-14-7-4-2-1-3-5-7/h1-6,14H,(H,15,16). The Bertz CT molecular complexity index is 508. The van der Waals surface area contributed by atoms with Crippen molar-refractivity contribution in [3.63, 3.8) is 0 Å². The molecule has 0 atom stereocenters. The van der Waals surface area contributed by atoms with Gasteiger partial charge in [-0.1, -0.05) is 18.2 Å². The second-order valence-electron chi connectivity index (χ2n) is 3.18. The number of rotatable bonds is 3. The highest BCUT2D eigenvalue weighted by atomic mass is 79.9. The lowest BCUT2D eigenvalue weighted by Crippen LogP contribution is -2.28. The molecule has 1 aromatic heterocycles. The second-order valence-corrected chi connectivity index (χ2v) is 6.40. The molecule has 0 spiro atoms. The average Bonchev–Trinajstić information content (AvgIpc) is 2.68. The second kappa shape index (κ2) is 5.66. The maximum Gasteiger partial charge on any atom is 0.279 e. The first kappa shape index (κ1) is 12.6. The maximum atomic E-state index is 11.8. The Morgan fingerprint density at radius 1 is 1.18 bits per heavy atom. The van der Waals surface area contributed by atoms with Gasteiger partial charge in [0.2, 0.25) is 0 Å². The molecule has 0 saturated heterocycles. The van der Waals surface area contributed by atoms with E-state index in [0.717, 1.165) is 13.9 Å². The summed E-state index contributed by atoms with van der Waals surface area (Å²) < 4.78 is 1.79. The molecule has 0 bridgehead atoms. The van der Waals surface area contributed by atoms with Crippen molar-refractivity contribution >= 4 is 54.8 Å². The number of para-hydroxylation sites is 1. The highest BCUT2D eigenvalue weighted by Gasteiger charge is 2.11. The number of thiophene rings is 1. The number of carbonyl (C=O) groups excluding carboxylic acids is 1. The van der Waals surface area contributed by atoms with Crippen LogP contribution in [0.3, 0.4) is 0 Å². The van der Waals surface area contributed by atoms with Crippen molar-refractivity contribution in [2.75, 3.05) is 5.43 Å². The van der Waals surface area contributed by atoms with E-state index < -0.39 is 0 Å². The third kappa shape index (κ3) is 3.31.